The first-order chi connectivity index (χ1) is 9.61. The summed E-state index contributed by atoms with van der Waals surface area (Å²) in [6.07, 6.45) is 1.70. The molecule has 1 saturated heterocycles. The predicted molar refractivity (Wildman–Crippen MR) is 76.4 cm³/mol. The Balaban J connectivity index is 2.05. The molecule has 1 aromatic carbocycles. The zero-order chi connectivity index (χ0) is 14.5. The molecular formula is C13H17ClN2O4. The Kier molecular flexibility index (Phi) is 5.17. The molecule has 1 aliphatic rings. The highest BCUT2D eigenvalue weighted by molar-refractivity contribution is 6.30. The molecule has 1 N–H and O–H groups in total. The minimum atomic E-state index is -0.407. The number of anilines is 1. The molecule has 1 aromatic rings. The number of hydrogen-bond acceptors (Lipinski definition) is 5. The maximum absolute atomic E-state index is 11.1. The molecule has 0 radical (unpaired) electrons. The van der Waals surface area contributed by atoms with Crippen LogP contribution in [-0.4, -0.2) is 42.4 Å². The van der Waals surface area contributed by atoms with Crippen molar-refractivity contribution in [3.8, 4) is 0 Å². The molecule has 2 rings (SSSR count). The minimum Gasteiger partial charge on any atom is -0.394 e. The van der Waals surface area contributed by atoms with E-state index in [0.29, 0.717) is 30.4 Å². The second-order valence-corrected chi connectivity index (χ2v) is 5.11. The van der Waals surface area contributed by atoms with Crippen LogP contribution in [0.25, 0.3) is 0 Å². The summed E-state index contributed by atoms with van der Waals surface area (Å²) in [5.41, 5.74) is 0.632. The van der Waals surface area contributed by atoms with Crippen LogP contribution in [0.5, 0.6) is 0 Å². The third kappa shape index (κ3) is 3.59. The highest BCUT2D eigenvalue weighted by Gasteiger charge is 2.25. The molecule has 0 aromatic heterocycles. The first-order valence-electron chi connectivity index (χ1n) is 6.53. The quantitative estimate of drug-likeness (QED) is 0.666. The summed E-state index contributed by atoms with van der Waals surface area (Å²) in [6, 6.07) is 4.73. The van der Waals surface area contributed by atoms with Crippen molar-refractivity contribution in [2.24, 2.45) is 0 Å². The van der Waals surface area contributed by atoms with Crippen LogP contribution in [0.3, 0.4) is 0 Å². The van der Waals surface area contributed by atoms with Crippen molar-refractivity contribution < 1.29 is 14.8 Å². The van der Waals surface area contributed by atoms with Gasteiger partial charge in [0.05, 0.1) is 24.2 Å². The van der Waals surface area contributed by atoms with Crippen molar-refractivity contribution in [1.29, 1.82) is 0 Å². The zero-order valence-corrected chi connectivity index (χ0v) is 11.8. The summed E-state index contributed by atoms with van der Waals surface area (Å²) < 4.78 is 5.48. The van der Waals surface area contributed by atoms with Gasteiger partial charge in [-0.2, -0.15) is 0 Å². The third-order valence-electron chi connectivity index (χ3n) is 3.36. The lowest BCUT2D eigenvalue weighted by Gasteiger charge is -2.33. The summed E-state index contributed by atoms with van der Waals surface area (Å²) in [6.45, 7) is 1.74. The van der Waals surface area contributed by atoms with Gasteiger partial charge in [0.2, 0.25) is 0 Å². The first kappa shape index (κ1) is 15.0. The second kappa shape index (κ2) is 6.88. The highest BCUT2D eigenvalue weighted by Crippen LogP contribution is 2.32. The van der Waals surface area contributed by atoms with E-state index >= 15 is 0 Å². The standard InChI is InChI=1S/C13H17ClN2O4/c14-10-1-2-12(13(9-10)16(18)19)15-5-3-11(4-6-15)20-8-7-17/h1-2,9,11,17H,3-8H2. The van der Waals surface area contributed by atoms with Gasteiger partial charge < -0.3 is 14.7 Å². The Labute approximate surface area is 122 Å². The molecule has 1 aliphatic heterocycles. The van der Waals surface area contributed by atoms with Crippen LogP contribution in [-0.2, 0) is 4.74 Å². The van der Waals surface area contributed by atoms with Crippen molar-refractivity contribution in [3.05, 3.63) is 33.3 Å². The van der Waals surface area contributed by atoms with E-state index in [1.165, 1.54) is 6.07 Å². The number of nitro groups is 1. The van der Waals surface area contributed by atoms with Crippen LogP contribution in [0.2, 0.25) is 5.02 Å². The lowest BCUT2D eigenvalue weighted by molar-refractivity contribution is -0.384. The number of nitro benzene ring substituents is 1. The number of ether oxygens (including phenoxy) is 1. The Morgan fingerprint density at radius 2 is 2.15 bits per heavy atom. The monoisotopic (exact) mass is 300 g/mol. The number of piperidine rings is 1. The van der Waals surface area contributed by atoms with Crippen LogP contribution in [0.1, 0.15) is 12.8 Å². The van der Waals surface area contributed by atoms with Gasteiger partial charge in [0.25, 0.3) is 5.69 Å². The molecule has 0 aliphatic carbocycles. The van der Waals surface area contributed by atoms with E-state index in [-0.39, 0.29) is 18.4 Å². The maximum atomic E-state index is 11.1. The molecule has 0 bridgehead atoms. The Morgan fingerprint density at radius 3 is 2.75 bits per heavy atom. The molecule has 0 atom stereocenters. The van der Waals surface area contributed by atoms with Crippen molar-refractivity contribution in [2.75, 3.05) is 31.2 Å². The fraction of sp³-hybridized carbons (Fsp3) is 0.538. The van der Waals surface area contributed by atoms with E-state index in [0.717, 1.165) is 12.8 Å². The number of benzene rings is 1. The molecule has 1 fully saturated rings. The van der Waals surface area contributed by atoms with Crippen LogP contribution in [0, 0.1) is 10.1 Å². The first-order valence-corrected chi connectivity index (χ1v) is 6.91. The largest absolute Gasteiger partial charge is 0.394 e. The van der Waals surface area contributed by atoms with Gasteiger partial charge in [-0.05, 0) is 25.0 Å². The summed E-state index contributed by atoms with van der Waals surface area (Å²) in [5.74, 6) is 0. The molecule has 110 valence electrons. The number of aliphatic hydroxyl groups is 1. The van der Waals surface area contributed by atoms with E-state index in [2.05, 4.69) is 0 Å². The number of nitrogens with zero attached hydrogens (tertiary/aromatic N) is 2. The minimum absolute atomic E-state index is 0.0167. The maximum Gasteiger partial charge on any atom is 0.294 e. The van der Waals surface area contributed by atoms with Gasteiger partial charge in [-0.25, -0.2) is 0 Å². The molecule has 7 heteroatoms. The van der Waals surface area contributed by atoms with E-state index in [9.17, 15) is 10.1 Å². The fourth-order valence-electron chi connectivity index (χ4n) is 2.39. The van der Waals surface area contributed by atoms with Gasteiger partial charge in [-0.1, -0.05) is 11.6 Å². The summed E-state index contributed by atoms with van der Waals surface area (Å²) in [4.78, 5) is 12.7. The van der Waals surface area contributed by atoms with Gasteiger partial charge in [0, 0.05) is 24.2 Å². The zero-order valence-electron chi connectivity index (χ0n) is 11.0. The van der Waals surface area contributed by atoms with Gasteiger partial charge in [0.15, 0.2) is 0 Å². The Bertz CT molecular complexity index is 475. The van der Waals surface area contributed by atoms with Crippen molar-refractivity contribution in [3.63, 3.8) is 0 Å². The van der Waals surface area contributed by atoms with E-state index < -0.39 is 4.92 Å². The van der Waals surface area contributed by atoms with Gasteiger partial charge >= 0.3 is 0 Å². The van der Waals surface area contributed by atoms with Gasteiger partial charge in [-0.15, -0.1) is 0 Å². The number of halogens is 1. The summed E-state index contributed by atoms with van der Waals surface area (Å²) >= 11 is 5.81. The number of hydrogen-bond donors (Lipinski definition) is 1. The van der Waals surface area contributed by atoms with Crippen LogP contribution < -0.4 is 4.90 Å². The summed E-state index contributed by atoms with van der Waals surface area (Å²) in [7, 11) is 0. The average molecular weight is 301 g/mol. The third-order valence-corrected chi connectivity index (χ3v) is 3.60. The number of aliphatic hydroxyl groups excluding tert-OH is 1. The van der Waals surface area contributed by atoms with Crippen LogP contribution >= 0.6 is 11.6 Å². The molecular weight excluding hydrogens is 284 g/mol. The van der Waals surface area contributed by atoms with Crippen LogP contribution in [0.15, 0.2) is 18.2 Å². The van der Waals surface area contributed by atoms with Gasteiger partial charge in [-0.3, -0.25) is 10.1 Å². The van der Waals surface area contributed by atoms with Crippen LogP contribution in [0.4, 0.5) is 11.4 Å². The molecule has 20 heavy (non-hydrogen) atoms. The smallest absolute Gasteiger partial charge is 0.294 e. The average Bonchev–Trinajstić information content (AvgIpc) is 2.45. The Hall–Kier alpha value is -1.37. The van der Waals surface area contributed by atoms with Gasteiger partial charge in [0.1, 0.15) is 5.69 Å². The summed E-state index contributed by atoms with van der Waals surface area (Å²) in [5, 5.41) is 20.2. The van der Waals surface area contributed by atoms with Crippen molar-refractivity contribution >= 4 is 23.0 Å². The molecule has 6 nitrogen and oxygen atoms in total. The molecule has 1 heterocycles. The van der Waals surface area contributed by atoms with Crippen molar-refractivity contribution in [2.45, 2.75) is 18.9 Å². The highest BCUT2D eigenvalue weighted by atomic mass is 35.5. The number of rotatable bonds is 5. The predicted octanol–water partition coefficient (Wildman–Crippen LogP) is 2.23. The fourth-order valence-corrected chi connectivity index (χ4v) is 2.56. The van der Waals surface area contributed by atoms with E-state index in [4.69, 9.17) is 21.4 Å². The van der Waals surface area contributed by atoms with E-state index in [1.807, 2.05) is 4.90 Å². The lowest BCUT2D eigenvalue weighted by Crippen LogP contribution is -2.37. The Morgan fingerprint density at radius 1 is 1.45 bits per heavy atom. The SMILES string of the molecule is O=[N+]([O-])c1cc(Cl)ccc1N1CCC(OCCO)CC1. The topological polar surface area (TPSA) is 75.8 Å². The lowest BCUT2D eigenvalue weighted by atomic mass is 10.1. The molecule has 0 saturated carbocycles. The molecule has 0 spiro atoms. The van der Waals surface area contributed by atoms with E-state index in [1.54, 1.807) is 12.1 Å². The molecule has 0 unspecified atom stereocenters. The molecule has 0 amide bonds. The second-order valence-electron chi connectivity index (χ2n) is 4.67. The van der Waals surface area contributed by atoms with Crippen molar-refractivity contribution in [1.82, 2.24) is 0 Å². The normalized spacial score (nSPS) is 16.4.